The van der Waals surface area contributed by atoms with E-state index in [9.17, 15) is 19.0 Å². The van der Waals surface area contributed by atoms with Crippen molar-refractivity contribution in [1.82, 2.24) is 0 Å². The van der Waals surface area contributed by atoms with E-state index in [0.717, 1.165) is 0 Å². The average Bonchev–Trinajstić information content (AvgIpc) is 0.658. The van der Waals surface area contributed by atoms with Gasteiger partial charge < -0.3 is 27.9 Å². The van der Waals surface area contributed by atoms with Crippen LogP contribution in [0.1, 0.15) is 303 Å². The highest BCUT2D eigenvalue weighted by Crippen LogP contribution is 2.38. The number of phosphoric ester groups is 1. The lowest BCUT2D eigenvalue weighted by Crippen LogP contribution is -2.37. The van der Waals surface area contributed by atoms with Crippen molar-refractivity contribution in [3.8, 4) is 0 Å². The first-order chi connectivity index (χ1) is 57.3. The summed E-state index contributed by atoms with van der Waals surface area (Å²) < 4.78 is 693. The number of carbonyl (C=O) groups excluding carboxylic acids is 2. The fraction of sp³-hybridized carbons (Fsp3) is 0.958. The minimum atomic E-state index is -6.26. The molecule has 0 aromatic carbocycles. The average molecular weight is 925 g/mol. The Balaban J connectivity index is 9.68. The van der Waals surface area contributed by atoms with Crippen molar-refractivity contribution in [2.45, 2.75) is 202 Å². The van der Waals surface area contributed by atoms with Crippen LogP contribution in [0.15, 0.2) is 0 Å². The Morgan fingerprint density at radius 1 is 0.569 bits per heavy atom. The van der Waals surface area contributed by atoms with Crippen LogP contribution in [0.3, 0.4) is 0 Å². The summed E-state index contributed by atoms with van der Waals surface area (Å²) in [7, 11) is -2.19. The molecule has 0 aliphatic rings. The van der Waals surface area contributed by atoms with Crippen LogP contribution in [0.5, 0.6) is 0 Å². The maximum atomic E-state index is 14.6. The lowest BCUT2D eigenvalue weighted by atomic mass is 9.91. The second-order valence-corrected chi connectivity index (χ2v) is 12.1. The predicted octanol–water partition coefficient (Wildman–Crippen LogP) is 12.6. The number of phosphoric acid groups is 1. The van der Waals surface area contributed by atoms with Gasteiger partial charge in [0.2, 0.25) is 0 Å². The normalized spacial score (nSPS) is 47.7. The molecule has 8 atom stereocenters. The molecule has 0 bridgehead atoms. The Kier molecular flexibility index (Phi) is 5.61. The van der Waals surface area contributed by atoms with Crippen molar-refractivity contribution in [3.05, 3.63) is 0 Å². The molecule has 0 heterocycles. The third-order valence-corrected chi connectivity index (χ3v) is 5.77. The van der Waals surface area contributed by atoms with Crippen molar-refractivity contribution in [1.29, 1.82) is 0 Å². The first kappa shape index (κ1) is 9.96. The molecular weight excluding hydrogens is 750 g/mol. The van der Waals surface area contributed by atoms with Crippen LogP contribution < -0.4 is 4.89 Å². The van der Waals surface area contributed by atoms with E-state index in [1.807, 2.05) is 0 Å². The van der Waals surface area contributed by atoms with Gasteiger partial charge in [0.25, 0.3) is 7.82 Å². The van der Waals surface area contributed by atoms with Gasteiger partial charge in [-0.3, -0.25) is 14.2 Å². The molecule has 0 radical (unpaired) electrons. The lowest BCUT2D eigenvalue weighted by Gasteiger charge is -2.28. The fourth-order valence-corrected chi connectivity index (χ4v) is 3.20. The molecule has 346 valence electrons. The number of hydrogen-bond acceptors (Lipinski definition) is 8. The SMILES string of the molecule is [2H]C([2H])([2H])C([2H])(C([2H])([2H])[2H])C([2H])([2H])C([2H])([2H])C([2H])([2H])C([2H])(C([2H])([2H])[2H])C([2H])([2H])C([2H])([2H])C([2H])([2H])C([2H])(C([2H])([2H])[2H])C([2H])([2H])C([2H])([2H])C([2H])([2H])C([2H])(C([2H])([2H])[2H])C([2H])([2H])C(=O)OC[C@H](COP(=O)([O-])OCC[N+](C)(C)C)OC(=O)C([2H])([2H])C([2H])(C([2H])([2H])[2H])C([2H])([2H])C([2H])([2H])C([2H])([2H])C([2H])(C([2H])([2H])[2H])C([2H])([2H])C([2H])([2H])C([2H])([2H])C([2H])(C([2H])([2H])[2H])C([2H])([2H])C([2H])([2H])C([2H])([2H])C([2H])(C([2H])([2H])[2H])C([2H])([2H])[2H]. The first-order valence-corrected chi connectivity index (χ1v) is 16.6. The lowest BCUT2D eigenvalue weighted by molar-refractivity contribution is -0.870. The Morgan fingerprint density at radius 3 is 1.33 bits per heavy atom. The van der Waals surface area contributed by atoms with E-state index in [-0.39, 0.29) is 4.48 Å². The zero-order chi connectivity index (χ0) is 112. The summed E-state index contributed by atoms with van der Waals surface area (Å²) >= 11 is 0. The maximum Gasteiger partial charge on any atom is 0.306 e. The summed E-state index contributed by atoms with van der Waals surface area (Å²) in [5.74, 6) is -53.6. The summed E-state index contributed by atoms with van der Waals surface area (Å²) in [5, 5.41) is 0. The second kappa shape index (κ2) is 32.7. The van der Waals surface area contributed by atoms with E-state index in [2.05, 4.69) is 18.5 Å². The predicted molar refractivity (Wildman–Crippen MR) is 240 cm³/mol. The molecule has 0 saturated heterocycles. The summed E-state index contributed by atoms with van der Waals surface area (Å²) in [4.78, 5) is 42.4. The summed E-state index contributed by atoms with van der Waals surface area (Å²) in [5.41, 5.74) is 0. The molecule has 0 aromatic heterocycles. The standard InChI is InChI=1S/C48H96NO8P/c1-38(2)20-14-22-40(5)24-16-26-42(7)28-18-30-44(9)34-47(50)54-36-46(37-56-58(52,53)55-33-32-49(11,12)13)57-48(51)35-45(10)31-19-29-43(8)27-17-25-41(6)23-15-21-39(3)4/h38-46H,14-37H2,1-13H3/t40?,41?,42?,43?,44?,45?,46-/m1/s1/i1D3,2D3,3D3,4D3,5D3,6D3,7D3,8D3,9D3,10D3,14D2,15D2,16D2,17D2,18D2,19D2,20D2,21D2,22D2,23D2,24D2,25D2,26D2,27D2,28D2,29D2,30D2,31D2,34D2,35D2,38D,39D,40D,41D,42D,43D,44D,45D. The third kappa shape index (κ3) is 36.8. The minimum absolute atomic E-state index is 0.235. The van der Waals surface area contributed by atoms with Crippen molar-refractivity contribution in [2.75, 3.05) is 47.5 Å². The van der Waals surface area contributed by atoms with Gasteiger partial charge in [0, 0.05) is 120 Å². The van der Waals surface area contributed by atoms with Crippen LogP contribution in [0, 0.1) is 47.2 Å². The highest BCUT2D eigenvalue weighted by Gasteiger charge is 2.23. The second-order valence-electron chi connectivity index (χ2n) is 10.7. The molecule has 0 N–H and O–H groups in total. The van der Waals surface area contributed by atoms with E-state index in [4.69, 9.17) is 107 Å². The topological polar surface area (TPSA) is 111 Å². The quantitative estimate of drug-likeness (QED) is 0.0342. The number of carbonyl (C=O) groups is 2. The molecule has 0 aromatic rings. The molecule has 0 fully saturated rings. The molecule has 0 amide bonds. The van der Waals surface area contributed by atoms with Gasteiger partial charge >= 0.3 is 11.9 Å². The van der Waals surface area contributed by atoms with Crippen molar-refractivity contribution < 1.29 is 149 Å². The molecule has 0 aliphatic heterocycles. The molecule has 9 nitrogen and oxygen atoms in total. The minimum Gasteiger partial charge on any atom is -0.756 e. The highest BCUT2D eigenvalue weighted by molar-refractivity contribution is 7.45. The Bertz CT molecular complexity index is 4260. The van der Waals surface area contributed by atoms with E-state index in [1.54, 1.807) is 0 Å². The Labute approximate surface area is 469 Å². The van der Waals surface area contributed by atoms with Gasteiger partial charge in [-0.1, -0.05) is 183 Å². The molecule has 0 rings (SSSR count). The highest BCUT2D eigenvalue weighted by atomic mass is 31.2. The van der Waals surface area contributed by atoms with Crippen LogP contribution in [0.25, 0.3) is 0 Å². The molecule has 10 heteroatoms. The number of hydrogen-bond donors (Lipinski definition) is 0. The van der Waals surface area contributed by atoms with E-state index < -0.39 is 295 Å². The molecular formula is C48H96NO8P. The summed E-state index contributed by atoms with van der Waals surface area (Å²) in [6.07, 6.45) is -123. The third-order valence-electron chi connectivity index (χ3n) is 4.81. The number of ether oxygens (including phenoxy) is 2. The smallest absolute Gasteiger partial charge is 0.306 e. The van der Waals surface area contributed by atoms with Crippen molar-refractivity contribution >= 4 is 19.8 Å². The fourth-order valence-electron chi connectivity index (χ4n) is 2.47. The van der Waals surface area contributed by atoms with Gasteiger partial charge in [-0.25, -0.2) is 0 Å². The van der Waals surface area contributed by atoms with Gasteiger partial charge in [0.05, 0.1) is 27.7 Å². The number of quaternary nitrogens is 1. The number of rotatable bonds is 38. The summed E-state index contributed by atoms with van der Waals surface area (Å²) in [6, 6.07) is 0. The maximum absolute atomic E-state index is 14.6. The largest absolute Gasteiger partial charge is 0.756 e. The number of likely N-dealkylation sites (N-methyl/N-ethyl adjacent to an activating group) is 1. The van der Waals surface area contributed by atoms with Crippen molar-refractivity contribution in [2.24, 2.45) is 47.2 Å². The summed E-state index contributed by atoms with van der Waals surface area (Å²) in [6.45, 7) is -58.5. The molecule has 0 spiro atoms. The van der Waals surface area contributed by atoms with Crippen LogP contribution >= 0.6 is 7.82 Å². The van der Waals surface area contributed by atoms with E-state index in [0.29, 0.717) is 0 Å². The number of esters is 2. The monoisotopic (exact) mass is 924 g/mol. The number of nitrogens with zero attached hydrogens (tertiary/aromatic N) is 1. The van der Waals surface area contributed by atoms with Gasteiger partial charge in [-0.2, -0.15) is 0 Å². The Morgan fingerprint density at radius 2 is 0.948 bits per heavy atom. The first-order valence-electron chi connectivity index (χ1n) is 54.1. The van der Waals surface area contributed by atoms with E-state index >= 15 is 0 Å². The molecule has 0 saturated carbocycles. The molecule has 0 aliphatic carbocycles. The zero-order valence-electron chi connectivity index (χ0n) is 109. The molecule has 7 unspecified atom stereocenters. The van der Waals surface area contributed by atoms with Gasteiger partial charge in [-0.05, 0) is 47.2 Å². The molecule has 58 heavy (non-hydrogen) atoms. The van der Waals surface area contributed by atoms with Gasteiger partial charge in [0.15, 0.2) is 6.10 Å². The van der Waals surface area contributed by atoms with Gasteiger partial charge in [0.1, 0.15) is 19.8 Å². The van der Waals surface area contributed by atoms with Crippen LogP contribution in [0.2, 0.25) is 0 Å². The van der Waals surface area contributed by atoms with Gasteiger partial charge in [-0.15, -0.1) is 0 Å². The zero-order valence-corrected chi connectivity index (χ0v) is 31.5. The Hall–Kier alpha value is -0.990. The van der Waals surface area contributed by atoms with Crippen LogP contribution in [-0.2, 0) is 32.7 Å². The van der Waals surface area contributed by atoms with Crippen LogP contribution in [0.4, 0.5) is 0 Å². The van der Waals surface area contributed by atoms with Crippen molar-refractivity contribution in [3.63, 3.8) is 0 Å². The van der Waals surface area contributed by atoms with Crippen LogP contribution in [-0.4, -0.2) is 70.0 Å². The van der Waals surface area contributed by atoms with E-state index in [1.165, 1.54) is 21.1 Å².